The van der Waals surface area contributed by atoms with Crippen LogP contribution in [0.4, 0.5) is 0 Å². The van der Waals surface area contributed by atoms with Gasteiger partial charge in [-0.25, -0.2) is 4.98 Å². The highest BCUT2D eigenvalue weighted by atomic mass is 32.1. The van der Waals surface area contributed by atoms with Gasteiger partial charge in [-0.1, -0.05) is 17.3 Å². The SMILES string of the molecule is CC(c1nc2ccccc2s1)N(C)Cc1noc(CN)n1. The minimum Gasteiger partial charge on any atom is -0.338 e. The van der Waals surface area contributed by atoms with E-state index in [0.29, 0.717) is 18.3 Å². The lowest BCUT2D eigenvalue weighted by Crippen LogP contribution is -2.22. The molecule has 1 aromatic carbocycles. The Morgan fingerprint density at radius 2 is 2.14 bits per heavy atom. The molecule has 21 heavy (non-hydrogen) atoms. The van der Waals surface area contributed by atoms with Gasteiger partial charge in [0.05, 0.1) is 29.3 Å². The van der Waals surface area contributed by atoms with Crippen LogP contribution in [-0.4, -0.2) is 27.1 Å². The molecule has 1 atom stereocenters. The van der Waals surface area contributed by atoms with Crippen molar-refractivity contribution in [2.45, 2.75) is 26.1 Å². The molecule has 2 heterocycles. The van der Waals surface area contributed by atoms with Crippen LogP contribution in [0.5, 0.6) is 0 Å². The van der Waals surface area contributed by atoms with Crippen molar-refractivity contribution in [2.24, 2.45) is 5.73 Å². The van der Waals surface area contributed by atoms with Crippen molar-refractivity contribution in [2.75, 3.05) is 7.05 Å². The summed E-state index contributed by atoms with van der Waals surface area (Å²) in [7, 11) is 2.02. The first-order valence-corrected chi connectivity index (χ1v) is 7.56. The first-order chi connectivity index (χ1) is 10.2. The Labute approximate surface area is 126 Å². The number of hydrogen-bond acceptors (Lipinski definition) is 7. The van der Waals surface area contributed by atoms with Crippen molar-refractivity contribution >= 4 is 21.6 Å². The minimum atomic E-state index is 0.183. The number of rotatable bonds is 5. The van der Waals surface area contributed by atoms with E-state index < -0.39 is 0 Å². The van der Waals surface area contributed by atoms with Gasteiger partial charge in [0, 0.05) is 0 Å². The van der Waals surface area contributed by atoms with Gasteiger partial charge in [0.15, 0.2) is 5.82 Å². The summed E-state index contributed by atoms with van der Waals surface area (Å²) in [5, 5.41) is 5.01. The molecule has 110 valence electrons. The van der Waals surface area contributed by atoms with Crippen LogP contribution in [-0.2, 0) is 13.1 Å². The number of nitrogens with two attached hydrogens (primary N) is 1. The second-order valence-electron chi connectivity index (χ2n) is 4.92. The zero-order chi connectivity index (χ0) is 14.8. The van der Waals surface area contributed by atoms with Crippen molar-refractivity contribution in [3.63, 3.8) is 0 Å². The summed E-state index contributed by atoms with van der Waals surface area (Å²) in [6.07, 6.45) is 0. The fourth-order valence-corrected chi connectivity index (χ4v) is 3.14. The topological polar surface area (TPSA) is 81.1 Å². The molecule has 0 aliphatic carbocycles. The molecular weight excluding hydrogens is 286 g/mol. The maximum Gasteiger partial charge on any atom is 0.240 e. The van der Waals surface area contributed by atoms with Crippen LogP contribution in [0.15, 0.2) is 28.8 Å². The van der Waals surface area contributed by atoms with Crippen LogP contribution < -0.4 is 5.73 Å². The normalized spacial score (nSPS) is 13.1. The number of thiazole rings is 1. The maximum atomic E-state index is 5.47. The molecule has 2 aromatic heterocycles. The summed E-state index contributed by atoms with van der Waals surface area (Å²) in [4.78, 5) is 11.1. The van der Waals surface area contributed by atoms with E-state index in [0.717, 1.165) is 10.5 Å². The molecule has 0 spiro atoms. The Kier molecular flexibility index (Phi) is 3.96. The molecule has 0 bridgehead atoms. The summed E-state index contributed by atoms with van der Waals surface area (Å²) < 4.78 is 6.23. The fraction of sp³-hybridized carbons (Fsp3) is 0.357. The summed E-state index contributed by atoms with van der Waals surface area (Å²) in [5.74, 6) is 1.11. The average Bonchev–Trinajstić information content (AvgIpc) is 3.12. The molecule has 0 aliphatic rings. The summed E-state index contributed by atoms with van der Waals surface area (Å²) in [6, 6.07) is 8.35. The van der Waals surface area contributed by atoms with Crippen molar-refractivity contribution in [3.8, 4) is 0 Å². The van der Waals surface area contributed by atoms with Crippen molar-refractivity contribution in [1.82, 2.24) is 20.0 Å². The molecule has 0 fully saturated rings. The molecule has 0 radical (unpaired) electrons. The van der Waals surface area contributed by atoms with Crippen molar-refractivity contribution in [3.05, 3.63) is 41.0 Å². The maximum absolute atomic E-state index is 5.47. The van der Waals surface area contributed by atoms with E-state index in [9.17, 15) is 0 Å². The molecule has 2 N–H and O–H groups in total. The van der Waals surface area contributed by atoms with Crippen LogP contribution in [0.1, 0.15) is 29.7 Å². The number of aromatic nitrogens is 3. The van der Waals surface area contributed by atoms with Crippen molar-refractivity contribution < 1.29 is 4.52 Å². The number of hydrogen-bond donors (Lipinski definition) is 1. The largest absolute Gasteiger partial charge is 0.338 e. The molecule has 0 aliphatic heterocycles. The molecule has 0 amide bonds. The van der Waals surface area contributed by atoms with Gasteiger partial charge in [-0.2, -0.15) is 4.98 Å². The lowest BCUT2D eigenvalue weighted by atomic mass is 10.3. The third kappa shape index (κ3) is 2.94. The van der Waals surface area contributed by atoms with E-state index in [1.54, 1.807) is 11.3 Å². The molecule has 3 rings (SSSR count). The van der Waals surface area contributed by atoms with Gasteiger partial charge in [-0.15, -0.1) is 11.3 Å². The zero-order valence-corrected chi connectivity index (χ0v) is 12.8. The predicted octanol–water partition coefficient (Wildman–Crippen LogP) is 2.33. The van der Waals surface area contributed by atoms with E-state index >= 15 is 0 Å². The summed E-state index contributed by atoms with van der Waals surface area (Å²) >= 11 is 1.72. The lowest BCUT2D eigenvalue weighted by Gasteiger charge is -2.20. The third-order valence-corrected chi connectivity index (χ3v) is 4.61. The Hall–Kier alpha value is -1.83. The highest BCUT2D eigenvalue weighted by Crippen LogP contribution is 2.29. The van der Waals surface area contributed by atoms with E-state index in [4.69, 9.17) is 10.3 Å². The zero-order valence-electron chi connectivity index (χ0n) is 12.0. The van der Waals surface area contributed by atoms with Crippen LogP contribution >= 0.6 is 11.3 Å². The van der Waals surface area contributed by atoms with Crippen LogP contribution in [0, 0.1) is 0 Å². The van der Waals surface area contributed by atoms with E-state index in [1.807, 2.05) is 25.2 Å². The lowest BCUT2D eigenvalue weighted by molar-refractivity contribution is 0.242. The molecule has 0 saturated carbocycles. The fourth-order valence-electron chi connectivity index (χ4n) is 2.05. The van der Waals surface area contributed by atoms with Crippen LogP contribution in [0.3, 0.4) is 0 Å². The Morgan fingerprint density at radius 3 is 2.86 bits per heavy atom. The Morgan fingerprint density at radius 1 is 1.33 bits per heavy atom. The smallest absolute Gasteiger partial charge is 0.240 e. The van der Waals surface area contributed by atoms with Gasteiger partial charge < -0.3 is 10.3 Å². The highest BCUT2D eigenvalue weighted by molar-refractivity contribution is 7.18. The molecule has 3 aromatic rings. The second-order valence-corrected chi connectivity index (χ2v) is 5.98. The first-order valence-electron chi connectivity index (χ1n) is 6.74. The molecule has 7 heteroatoms. The first kappa shape index (κ1) is 14.1. The summed E-state index contributed by atoms with van der Waals surface area (Å²) in [5.41, 5.74) is 6.51. The molecular formula is C14H17N5OS. The second kappa shape index (κ2) is 5.88. The molecule has 1 unspecified atom stereocenters. The Balaban J connectivity index is 1.75. The Bertz CT molecular complexity index is 705. The van der Waals surface area contributed by atoms with Gasteiger partial charge >= 0.3 is 0 Å². The number of fused-ring (bicyclic) bond motifs is 1. The monoisotopic (exact) mass is 303 g/mol. The van der Waals surface area contributed by atoms with Crippen LogP contribution in [0.2, 0.25) is 0 Å². The van der Waals surface area contributed by atoms with Crippen LogP contribution in [0.25, 0.3) is 10.2 Å². The van der Waals surface area contributed by atoms with E-state index in [2.05, 4.69) is 33.0 Å². The standard InChI is InChI=1S/C14H17N5OS/c1-9(14-16-10-5-3-4-6-11(10)21-14)19(2)8-12-17-13(7-15)20-18-12/h3-6,9H,7-8,15H2,1-2H3. The number of para-hydroxylation sites is 1. The molecule has 6 nitrogen and oxygen atoms in total. The number of nitrogens with zero attached hydrogens (tertiary/aromatic N) is 4. The minimum absolute atomic E-state index is 0.183. The quantitative estimate of drug-likeness (QED) is 0.779. The number of benzene rings is 1. The van der Waals surface area contributed by atoms with Gasteiger partial charge in [-0.05, 0) is 26.1 Å². The van der Waals surface area contributed by atoms with Gasteiger partial charge in [-0.3, -0.25) is 4.90 Å². The predicted molar refractivity (Wildman–Crippen MR) is 81.7 cm³/mol. The van der Waals surface area contributed by atoms with Gasteiger partial charge in [0.2, 0.25) is 5.89 Å². The summed E-state index contributed by atoms with van der Waals surface area (Å²) in [6.45, 7) is 2.99. The van der Waals surface area contributed by atoms with E-state index in [-0.39, 0.29) is 12.6 Å². The third-order valence-electron chi connectivity index (χ3n) is 3.40. The highest BCUT2D eigenvalue weighted by Gasteiger charge is 2.18. The molecule has 0 saturated heterocycles. The average molecular weight is 303 g/mol. The van der Waals surface area contributed by atoms with Gasteiger partial charge in [0.1, 0.15) is 5.01 Å². The van der Waals surface area contributed by atoms with Crippen molar-refractivity contribution in [1.29, 1.82) is 0 Å². The van der Waals surface area contributed by atoms with E-state index in [1.165, 1.54) is 4.70 Å². The van der Waals surface area contributed by atoms with Gasteiger partial charge in [0.25, 0.3) is 0 Å².